The van der Waals surface area contributed by atoms with Crippen LogP contribution in [-0.2, 0) is 4.79 Å². The number of rotatable bonds is 4. The van der Waals surface area contributed by atoms with Crippen LogP contribution in [0.5, 0.6) is 0 Å². The molecule has 0 aliphatic rings. The lowest BCUT2D eigenvalue weighted by Crippen LogP contribution is -2.02. The van der Waals surface area contributed by atoms with E-state index in [1.54, 1.807) is 12.1 Å². The van der Waals surface area contributed by atoms with Crippen molar-refractivity contribution in [2.45, 2.75) is 11.8 Å². The predicted molar refractivity (Wildman–Crippen MR) is 59.6 cm³/mol. The highest BCUT2D eigenvalue weighted by Crippen LogP contribution is 2.25. The zero-order valence-electron chi connectivity index (χ0n) is 8.07. The molecule has 0 amide bonds. The van der Waals surface area contributed by atoms with Crippen molar-refractivity contribution in [3.63, 3.8) is 0 Å². The second kappa shape index (κ2) is 4.98. The van der Waals surface area contributed by atoms with Gasteiger partial charge in [-0.25, -0.2) is 0 Å². The van der Waals surface area contributed by atoms with E-state index in [1.165, 1.54) is 13.0 Å². The summed E-state index contributed by atoms with van der Waals surface area (Å²) in [4.78, 5) is 31.9. The van der Waals surface area contributed by atoms with Crippen molar-refractivity contribution in [2.75, 3.05) is 0 Å². The SMILES string of the molecule is CC(=O)C(Br)c1cc(C=O)cc(C=O)c1. The summed E-state index contributed by atoms with van der Waals surface area (Å²) in [6, 6.07) is 4.64. The van der Waals surface area contributed by atoms with E-state index < -0.39 is 4.83 Å². The van der Waals surface area contributed by atoms with E-state index in [9.17, 15) is 14.4 Å². The number of hydrogen-bond donors (Lipinski definition) is 0. The second-order valence-electron chi connectivity index (χ2n) is 3.14. The van der Waals surface area contributed by atoms with E-state index in [0.717, 1.165) is 0 Å². The van der Waals surface area contributed by atoms with E-state index in [-0.39, 0.29) is 5.78 Å². The fraction of sp³-hybridized carbons (Fsp3) is 0.182. The molecule has 0 heterocycles. The first-order valence-electron chi connectivity index (χ1n) is 4.28. The van der Waals surface area contributed by atoms with Crippen LogP contribution in [0, 0.1) is 0 Å². The molecule has 0 bridgehead atoms. The molecule has 1 unspecified atom stereocenters. The predicted octanol–water partition coefficient (Wildman–Crippen LogP) is 2.34. The van der Waals surface area contributed by atoms with Gasteiger partial charge < -0.3 is 0 Å². The Morgan fingerprint density at radius 3 is 2.00 bits per heavy atom. The molecule has 0 spiro atoms. The highest BCUT2D eigenvalue weighted by Gasteiger charge is 2.13. The highest BCUT2D eigenvalue weighted by molar-refractivity contribution is 9.09. The largest absolute Gasteiger partial charge is 0.298 e. The molecule has 0 N–H and O–H groups in total. The smallest absolute Gasteiger partial charge is 0.150 e. The third-order valence-corrected chi connectivity index (χ3v) is 3.10. The minimum absolute atomic E-state index is 0.0742. The van der Waals surface area contributed by atoms with Gasteiger partial charge in [-0.05, 0) is 30.7 Å². The Balaban J connectivity index is 3.23. The molecule has 0 aliphatic carbocycles. The van der Waals surface area contributed by atoms with Crippen LogP contribution in [-0.4, -0.2) is 18.4 Å². The Bertz CT molecular complexity index is 386. The molecule has 0 aromatic heterocycles. The van der Waals surface area contributed by atoms with Gasteiger partial charge in [-0.3, -0.25) is 14.4 Å². The third-order valence-electron chi connectivity index (χ3n) is 1.92. The van der Waals surface area contributed by atoms with Gasteiger partial charge in [0.15, 0.2) is 0 Å². The number of halogens is 1. The Morgan fingerprint density at radius 1 is 1.20 bits per heavy atom. The molecule has 0 radical (unpaired) electrons. The van der Waals surface area contributed by atoms with E-state index in [1.807, 2.05) is 0 Å². The standard InChI is InChI=1S/C11H9BrO3/c1-7(15)11(12)10-3-8(5-13)2-9(4-10)6-14/h2-6,11H,1H3. The van der Waals surface area contributed by atoms with Gasteiger partial charge in [0.05, 0.1) is 4.83 Å². The molecular formula is C11H9BrO3. The van der Waals surface area contributed by atoms with Crippen LogP contribution < -0.4 is 0 Å². The van der Waals surface area contributed by atoms with Crippen molar-refractivity contribution in [1.82, 2.24) is 0 Å². The van der Waals surface area contributed by atoms with Crippen molar-refractivity contribution in [3.05, 3.63) is 34.9 Å². The molecule has 4 heteroatoms. The summed E-state index contributed by atoms with van der Waals surface area (Å²) in [6.45, 7) is 1.44. The van der Waals surface area contributed by atoms with E-state index in [0.29, 0.717) is 29.3 Å². The molecule has 78 valence electrons. The maximum absolute atomic E-state index is 11.1. The normalized spacial score (nSPS) is 11.9. The van der Waals surface area contributed by atoms with Gasteiger partial charge in [0.1, 0.15) is 18.4 Å². The average Bonchev–Trinajstić information content (AvgIpc) is 2.27. The van der Waals surface area contributed by atoms with E-state index in [2.05, 4.69) is 15.9 Å². The summed E-state index contributed by atoms with van der Waals surface area (Å²) in [7, 11) is 0. The molecule has 0 fully saturated rings. The van der Waals surface area contributed by atoms with Crippen molar-refractivity contribution in [2.24, 2.45) is 0 Å². The number of carbonyl (C=O) groups excluding carboxylic acids is 3. The molecule has 1 aromatic rings. The third kappa shape index (κ3) is 2.83. The molecule has 1 rings (SSSR count). The molecule has 1 aromatic carbocycles. The van der Waals surface area contributed by atoms with Crippen molar-refractivity contribution in [3.8, 4) is 0 Å². The minimum atomic E-state index is -0.476. The van der Waals surface area contributed by atoms with Gasteiger partial charge in [0.25, 0.3) is 0 Å². The number of benzene rings is 1. The molecular weight excluding hydrogens is 260 g/mol. The van der Waals surface area contributed by atoms with Crippen LogP contribution in [0.2, 0.25) is 0 Å². The zero-order chi connectivity index (χ0) is 11.4. The van der Waals surface area contributed by atoms with Crippen LogP contribution in [0.4, 0.5) is 0 Å². The summed E-state index contributed by atoms with van der Waals surface area (Å²) in [6.07, 6.45) is 1.30. The number of hydrogen-bond acceptors (Lipinski definition) is 3. The molecule has 0 aliphatic heterocycles. The monoisotopic (exact) mass is 268 g/mol. The first-order chi connectivity index (χ1) is 7.08. The Kier molecular flexibility index (Phi) is 3.91. The van der Waals surface area contributed by atoms with Crippen molar-refractivity contribution in [1.29, 1.82) is 0 Å². The summed E-state index contributed by atoms with van der Waals surface area (Å²) < 4.78 is 0. The van der Waals surface area contributed by atoms with Crippen LogP contribution in [0.3, 0.4) is 0 Å². The zero-order valence-corrected chi connectivity index (χ0v) is 9.65. The number of alkyl halides is 1. The topological polar surface area (TPSA) is 51.2 Å². The lowest BCUT2D eigenvalue weighted by Gasteiger charge is -2.07. The van der Waals surface area contributed by atoms with Crippen LogP contribution >= 0.6 is 15.9 Å². The van der Waals surface area contributed by atoms with Crippen LogP contribution in [0.25, 0.3) is 0 Å². The van der Waals surface area contributed by atoms with E-state index >= 15 is 0 Å². The summed E-state index contributed by atoms with van der Waals surface area (Å²) in [5.74, 6) is -0.0742. The van der Waals surface area contributed by atoms with Crippen molar-refractivity contribution >= 4 is 34.3 Å². The summed E-state index contributed by atoms with van der Waals surface area (Å²) in [5, 5.41) is 0. The number of carbonyl (C=O) groups is 3. The first kappa shape index (κ1) is 11.8. The molecule has 15 heavy (non-hydrogen) atoms. The Labute approximate surface area is 95.6 Å². The Hall–Kier alpha value is -1.29. The summed E-state index contributed by atoms with van der Waals surface area (Å²) in [5.41, 5.74) is 1.40. The van der Waals surface area contributed by atoms with Crippen molar-refractivity contribution < 1.29 is 14.4 Å². The molecule has 1 atom stereocenters. The van der Waals surface area contributed by atoms with Crippen LogP contribution in [0.1, 0.15) is 38.0 Å². The van der Waals surface area contributed by atoms with Gasteiger partial charge >= 0.3 is 0 Å². The second-order valence-corrected chi connectivity index (χ2v) is 4.06. The lowest BCUT2D eigenvalue weighted by molar-refractivity contribution is -0.116. The van der Waals surface area contributed by atoms with Gasteiger partial charge in [0.2, 0.25) is 0 Å². The lowest BCUT2D eigenvalue weighted by atomic mass is 10.0. The quantitative estimate of drug-likeness (QED) is 0.622. The molecule has 3 nitrogen and oxygen atoms in total. The van der Waals surface area contributed by atoms with Gasteiger partial charge in [-0.15, -0.1) is 0 Å². The fourth-order valence-electron chi connectivity index (χ4n) is 1.22. The highest BCUT2D eigenvalue weighted by atomic mass is 79.9. The van der Waals surface area contributed by atoms with Gasteiger partial charge in [-0.2, -0.15) is 0 Å². The minimum Gasteiger partial charge on any atom is -0.298 e. The first-order valence-corrected chi connectivity index (χ1v) is 5.20. The number of ketones is 1. The van der Waals surface area contributed by atoms with Crippen LogP contribution in [0.15, 0.2) is 18.2 Å². The van der Waals surface area contributed by atoms with Gasteiger partial charge in [0, 0.05) is 11.1 Å². The average molecular weight is 269 g/mol. The van der Waals surface area contributed by atoms with Gasteiger partial charge in [-0.1, -0.05) is 15.9 Å². The van der Waals surface area contributed by atoms with E-state index in [4.69, 9.17) is 0 Å². The summed E-state index contributed by atoms with van der Waals surface area (Å²) >= 11 is 3.20. The maximum Gasteiger partial charge on any atom is 0.150 e. The Morgan fingerprint density at radius 2 is 1.67 bits per heavy atom. The molecule has 0 saturated heterocycles. The fourth-order valence-corrected chi connectivity index (χ4v) is 1.48. The molecule has 0 saturated carbocycles. The number of aldehydes is 2. The maximum atomic E-state index is 11.1. The number of Topliss-reactive ketones (excluding diaryl/α,β-unsaturated/α-hetero) is 1.